The molecule has 0 N–H and O–H groups in total. The number of allylic oxidation sites excluding steroid dienone is 2. The number of carbonyl (C=O) groups is 2. The first-order valence-electron chi connectivity index (χ1n) is 6.10. The van der Waals surface area contributed by atoms with Crippen LogP contribution in [0.1, 0.15) is 19.4 Å². The normalized spacial score (nSPS) is 18.5. The second-order valence-electron chi connectivity index (χ2n) is 4.23. The summed E-state index contributed by atoms with van der Waals surface area (Å²) in [6.07, 6.45) is 3.76. The third kappa shape index (κ3) is 3.15. The molecule has 2 amide bonds. The van der Waals surface area contributed by atoms with E-state index in [-0.39, 0.29) is 11.1 Å². The van der Waals surface area contributed by atoms with Gasteiger partial charge in [-0.1, -0.05) is 36.4 Å². The molecule has 4 heteroatoms. The molecule has 0 bridgehead atoms. The van der Waals surface area contributed by atoms with Crippen molar-refractivity contribution >= 4 is 29.0 Å². The number of amides is 2. The Morgan fingerprint density at radius 2 is 1.95 bits per heavy atom. The van der Waals surface area contributed by atoms with Gasteiger partial charge in [-0.25, -0.2) is 0 Å². The molecule has 0 unspecified atom stereocenters. The van der Waals surface area contributed by atoms with Crippen molar-refractivity contribution in [3.63, 3.8) is 0 Å². The second kappa shape index (κ2) is 5.89. The van der Waals surface area contributed by atoms with Crippen molar-refractivity contribution in [3.05, 3.63) is 52.4 Å². The van der Waals surface area contributed by atoms with Gasteiger partial charge >= 0.3 is 0 Å². The maximum atomic E-state index is 11.9. The highest BCUT2D eigenvalue weighted by Gasteiger charge is 2.33. The summed E-state index contributed by atoms with van der Waals surface area (Å²) in [5.74, 6) is -0.196. The summed E-state index contributed by atoms with van der Waals surface area (Å²) >= 11 is 1.00. The number of thioether (sulfide) groups is 1. The lowest BCUT2D eigenvalue weighted by Crippen LogP contribution is -2.27. The molecule has 19 heavy (non-hydrogen) atoms. The standard InChI is InChI=1S/C15H15NO2S/c1-3-16-14(17)13(19-15(16)18)10-11(2)9-12-7-5-4-6-8-12/h4-10H,3H2,1-2H3. The van der Waals surface area contributed by atoms with Gasteiger partial charge in [0.1, 0.15) is 0 Å². The number of carbonyl (C=O) groups excluding carboxylic acids is 2. The molecule has 0 aromatic heterocycles. The van der Waals surface area contributed by atoms with Gasteiger partial charge in [0, 0.05) is 6.54 Å². The van der Waals surface area contributed by atoms with Crippen molar-refractivity contribution in [2.75, 3.05) is 6.54 Å². The van der Waals surface area contributed by atoms with E-state index in [1.54, 1.807) is 13.0 Å². The average Bonchev–Trinajstić information content (AvgIpc) is 2.65. The lowest BCUT2D eigenvalue weighted by Gasteiger charge is -2.06. The Bertz CT molecular complexity index is 561. The van der Waals surface area contributed by atoms with Crippen molar-refractivity contribution < 1.29 is 9.59 Å². The van der Waals surface area contributed by atoms with E-state index in [4.69, 9.17) is 0 Å². The van der Waals surface area contributed by atoms with Crippen LogP contribution in [0.5, 0.6) is 0 Å². The summed E-state index contributed by atoms with van der Waals surface area (Å²) in [5, 5.41) is -0.189. The minimum atomic E-state index is -0.196. The molecule has 2 rings (SSSR count). The van der Waals surface area contributed by atoms with E-state index < -0.39 is 0 Å². The van der Waals surface area contributed by atoms with Crippen molar-refractivity contribution in [1.29, 1.82) is 0 Å². The Morgan fingerprint density at radius 3 is 2.53 bits per heavy atom. The van der Waals surface area contributed by atoms with E-state index in [1.807, 2.05) is 43.3 Å². The highest BCUT2D eigenvalue weighted by molar-refractivity contribution is 8.18. The topological polar surface area (TPSA) is 37.4 Å². The van der Waals surface area contributed by atoms with Crippen molar-refractivity contribution in [1.82, 2.24) is 4.90 Å². The maximum Gasteiger partial charge on any atom is 0.293 e. The number of rotatable bonds is 3. The fourth-order valence-electron chi connectivity index (χ4n) is 1.83. The van der Waals surface area contributed by atoms with Gasteiger partial charge < -0.3 is 0 Å². The Labute approximate surface area is 117 Å². The number of likely N-dealkylation sites (N-methyl/N-ethyl adjacent to an activating group) is 1. The van der Waals surface area contributed by atoms with Crippen LogP contribution < -0.4 is 0 Å². The summed E-state index contributed by atoms with van der Waals surface area (Å²) in [4.78, 5) is 25.3. The number of benzene rings is 1. The van der Waals surface area contributed by atoms with Gasteiger partial charge in [-0.05, 0) is 42.8 Å². The molecule has 1 aliphatic rings. The van der Waals surface area contributed by atoms with Crippen molar-refractivity contribution in [2.24, 2.45) is 0 Å². The molecular weight excluding hydrogens is 258 g/mol. The number of hydrogen-bond donors (Lipinski definition) is 0. The maximum absolute atomic E-state index is 11.9. The van der Waals surface area contributed by atoms with Crippen LogP contribution in [0, 0.1) is 0 Å². The Kier molecular flexibility index (Phi) is 4.22. The van der Waals surface area contributed by atoms with Crippen LogP contribution in [0.2, 0.25) is 0 Å². The fourth-order valence-corrected chi connectivity index (χ4v) is 2.79. The fraction of sp³-hybridized carbons (Fsp3) is 0.200. The molecule has 1 aromatic rings. The number of nitrogens with zero attached hydrogens (tertiary/aromatic N) is 1. The van der Waals surface area contributed by atoms with Crippen molar-refractivity contribution in [2.45, 2.75) is 13.8 Å². The zero-order valence-corrected chi connectivity index (χ0v) is 11.7. The van der Waals surface area contributed by atoms with Crippen LogP contribution in [0.25, 0.3) is 6.08 Å². The molecule has 0 atom stereocenters. The minimum absolute atomic E-state index is 0.189. The molecule has 1 aliphatic heterocycles. The largest absolute Gasteiger partial charge is 0.293 e. The van der Waals surface area contributed by atoms with Crippen LogP contribution in [0.4, 0.5) is 4.79 Å². The van der Waals surface area contributed by atoms with Gasteiger partial charge in [-0.3, -0.25) is 14.5 Å². The van der Waals surface area contributed by atoms with E-state index >= 15 is 0 Å². The third-order valence-corrected chi connectivity index (χ3v) is 3.65. The quantitative estimate of drug-likeness (QED) is 0.788. The van der Waals surface area contributed by atoms with E-state index in [9.17, 15) is 9.59 Å². The number of imide groups is 1. The van der Waals surface area contributed by atoms with Crippen molar-refractivity contribution in [3.8, 4) is 0 Å². The summed E-state index contributed by atoms with van der Waals surface area (Å²) in [6, 6.07) is 9.87. The first-order chi connectivity index (χ1) is 9.11. The van der Waals surface area contributed by atoms with E-state index in [0.29, 0.717) is 11.4 Å². The lowest BCUT2D eigenvalue weighted by atomic mass is 10.1. The Balaban J connectivity index is 2.21. The summed E-state index contributed by atoms with van der Waals surface area (Å²) in [7, 11) is 0. The highest BCUT2D eigenvalue weighted by atomic mass is 32.2. The molecule has 1 saturated heterocycles. The molecule has 3 nitrogen and oxygen atoms in total. The second-order valence-corrected chi connectivity index (χ2v) is 5.22. The molecule has 0 spiro atoms. The Hall–Kier alpha value is -1.81. The summed E-state index contributed by atoms with van der Waals surface area (Å²) < 4.78 is 0. The zero-order valence-electron chi connectivity index (χ0n) is 10.9. The molecule has 0 aliphatic carbocycles. The molecule has 1 fully saturated rings. The smallest absolute Gasteiger partial charge is 0.269 e. The molecule has 1 heterocycles. The lowest BCUT2D eigenvalue weighted by molar-refractivity contribution is -0.122. The van der Waals surface area contributed by atoms with Gasteiger partial charge in [0.15, 0.2) is 0 Å². The van der Waals surface area contributed by atoms with Gasteiger partial charge in [-0.15, -0.1) is 0 Å². The monoisotopic (exact) mass is 273 g/mol. The van der Waals surface area contributed by atoms with Gasteiger partial charge in [0.05, 0.1) is 4.91 Å². The molecule has 0 radical (unpaired) electrons. The first kappa shape index (κ1) is 13.6. The summed E-state index contributed by atoms with van der Waals surface area (Å²) in [5.41, 5.74) is 2.03. The van der Waals surface area contributed by atoms with Crippen LogP contribution in [-0.2, 0) is 4.79 Å². The molecule has 98 valence electrons. The predicted octanol–water partition coefficient (Wildman–Crippen LogP) is 3.69. The van der Waals surface area contributed by atoms with Gasteiger partial charge in [0.2, 0.25) is 0 Å². The van der Waals surface area contributed by atoms with Crippen LogP contribution in [0.3, 0.4) is 0 Å². The number of hydrogen-bond acceptors (Lipinski definition) is 3. The Morgan fingerprint density at radius 1 is 1.26 bits per heavy atom. The van der Waals surface area contributed by atoms with E-state index in [1.165, 1.54) is 4.90 Å². The van der Waals surface area contributed by atoms with E-state index in [0.717, 1.165) is 22.9 Å². The predicted molar refractivity (Wildman–Crippen MR) is 78.6 cm³/mol. The first-order valence-corrected chi connectivity index (χ1v) is 6.92. The molecule has 1 aromatic carbocycles. The summed E-state index contributed by atoms with van der Waals surface area (Å²) in [6.45, 7) is 4.14. The molecular formula is C15H15NO2S. The zero-order chi connectivity index (χ0) is 13.8. The van der Waals surface area contributed by atoms with E-state index in [2.05, 4.69) is 0 Å². The minimum Gasteiger partial charge on any atom is -0.269 e. The van der Waals surface area contributed by atoms with Gasteiger partial charge in [0.25, 0.3) is 11.1 Å². The van der Waals surface area contributed by atoms with Crippen LogP contribution in [-0.4, -0.2) is 22.6 Å². The SMILES string of the molecule is CCN1C(=O)SC(=CC(C)=Cc2ccccc2)C1=O. The van der Waals surface area contributed by atoms with Crippen LogP contribution >= 0.6 is 11.8 Å². The van der Waals surface area contributed by atoms with Crippen LogP contribution in [0.15, 0.2) is 46.9 Å². The third-order valence-electron chi connectivity index (χ3n) is 2.74. The average molecular weight is 273 g/mol. The molecule has 0 saturated carbocycles. The van der Waals surface area contributed by atoms with Gasteiger partial charge in [-0.2, -0.15) is 0 Å². The highest BCUT2D eigenvalue weighted by Crippen LogP contribution is 2.31.